The second-order valence-electron chi connectivity index (χ2n) is 6.04. The zero-order valence-corrected chi connectivity index (χ0v) is 15.4. The molecule has 2 N–H and O–H groups in total. The van der Waals surface area contributed by atoms with Crippen LogP contribution in [-0.2, 0) is 14.3 Å². The number of quaternary nitrogens is 1. The predicted octanol–water partition coefficient (Wildman–Crippen LogP) is 2.18. The van der Waals surface area contributed by atoms with Crippen molar-refractivity contribution in [2.24, 2.45) is 5.92 Å². The van der Waals surface area contributed by atoms with E-state index in [9.17, 15) is 9.59 Å². The van der Waals surface area contributed by atoms with E-state index < -0.39 is 0 Å². The molecular weight excluding hydrogens is 351 g/mol. The summed E-state index contributed by atoms with van der Waals surface area (Å²) in [6.07, 6.45) is 1.72. The van der Waals surface area contributed by atoms with Gasteiger partial charge in [-0.2, -0.15) is 0 Å². The fourth-order valence-corrected chi connectivity index (χ4v) is 3.42. The van der Waals surface area contributed by atoms with Crippen LogP contribution in [0.1, 0.15) is 26.7 Å². The van der Waals surface area contributed by atoms with Crippen LogP contribution >= 0.6 is 23.2 Å². The molecule has 1 amide bonds. The highest BCUT2D eigenvalue weighted by atomic mass is 35.5. The summed E-state index contributed by atoms with van der Waals surface area (Å²) in [6, 6.07) is 4.67. The summed E-state index contributed by atoms with van der Waals surface area (Å²) in [5.74, 6) is -0.426. The summed E-state index contributed by atoms with van der Waals surface area (Å²) in [5, 5.41) is 3.76. The molecule has 3 atom stereocenters. The molecule has 0 radical (unpaired) electrons. The maximum atomic E-state index is 12.5. The molecule has 1 unspecified atom stereocenters. The van der Waals surface area contributed by atoms with Gasteiger partial charge in [0, 0.05) is 5.02 Å². The average Bonchev–Trinajstić information content (AvgIpc) is 2.57. The Balaban J connectivity index is 1.98. The van der Waals surface area contributed by atoms with Gasteiger partial charge in [-0.3, -0.25) is 9.59 Å². The third kappa shape index (κ3) is 4.85. The van der Waals surface area contributed by atoms with Crippen LogP contribution in [0.3, 0.4) is 0 Å². The van der Waals surface area contributed by atoms with Gasteiger partial charge in [0.15, 0.2) is 6.04 Å². The average molecular weight is 374 g/mol. The van der Waals surface area contributed by atoms with Gasteiger partial charge in [-0.1, -0.05) is 23.2 Å². The SMILES string of the molecule is CCOC(=O)[C@@H]1CCC[NH+]([C@@H](C)C(=O)Nc2ccc(Cl)cc2Cl)C1. The molecule has 24 heavy (non-hydrogen) atoms. The molecule has 1 aromatic carbocycles. The molecule has 1 saturated heterocycles. The summed E-state index contributed by atoms with van der Waals surface area (Å²) in [6.45, 7) is 5.52. The molecule has 0 aliphatic carbocycles. The lowest BCUT2D eigenvalue weighted by Crippen LogP contribution is -3.18. The van der Waals surface area contributed by atoms with Gasteiger partial charge in [0.25, 0.3) is 5.91 Å². The zero-order valence-electron chi connectivity index (χ0n) is 13.9. The number of likely N-dealkylation sites (tertiary alicyclic amines) is 1. The molecule has 0 spiro atoms. The van der Waals surface area contributed by atoms with Gasteiger partial charge in [-0.05, 0) is 44.9 Å². The first kappa shape index (κ1) is 19.0. The Morgan fingerprint density at radius 3 is 2.83 bits per heavy atom. The van der Waals surface area contributed by atoms with E-state index in [2.05, 4.69) is 5.32 Å². The van der Waals surface area contributed by atoms with E-state index in [4.69, 9.17) is 27.9 Å². The normalized spacial score (nSPS) is 21.8. The van der Waals surface area contributed by atoms with Crippen LogP contribution in [0.4, 0.5) is 5.69 Å². The summed E-state index contributed by atoms with van der Waals surface area (Å²) < 4.78 is 5.11. The van der Waals surface area contributed by atoms with Gasteiger partial charge in [0.2, 0.25) is 0 Å². The third-order valence-electron chi connectivity index (χ3n) is 4.37. The highest BCUT2D eigenvalue weighted by Gasteiger charge is 2.35. The van der Waals surface area contributed by atoms with E-state index in [-0.39, 0.29) is 23.8 Å². The number of piperidine rings is 1. The van der Waals surface area contributed by atoms with Crippen molar-refractivity contribution < 1.29 is 19.2 Å². The van der Waals surface area contributed by atoms with Crippen LogP contribution in [0, 0.1) is 5.92 Å². The lowest BCUT2D eigenvalue weighted by Gasteiger charge is -2.32. The maximum Gasteiger partial charge on any atom is 0.314 e. The molecule has 0 aromatic heterocycles. The number of nitrogens with one attached hydrogen (secondary N) is 2. The highest BCUT2D eigenvalue weighted by Crippen LogP contribution is 2.25. The fraction of sp³-hybridized carbons (Fsp3) is 0.529. The van der Waals surface area contributed by atoms with Crippen LogP contribution in [0.15, 0.2) is 18.2 Å². The number of rotatable bonds is 5. The minimum absolute atomic E-state index is 0.126. The molecule has 7 heteroatoms. The fourth-order valence-electron chi connectivity index (χ4n) is 2.97. The van der Waals surface area contributed by atoms with E-state index >= 15 is 0 Å². The minimum atomic E-state index is -0.283. The van der Waals surface area contributed by atoms with Gasteiger partial charge < -0.3 is 15.0 Å². The first-order valence-electron chi connectivity index (χ1n) is 8.19. The van der Waals surface area contributed by atoms with Crippen LogP contribution in [0.2, 0.25) is 10.0 Å². The molecule has 132 valence electrons. The first-order valence-corrected chi connectivity index (χ1v) is 8.95. The lowest BCUT2D eigenvalue weighted by atomic mass is 9.97. The second-order valence-corrected chi connectivity index (χ2v) is 6.88. The first-order chi connectivity index (χ1) is 11.4. The van der Waals surface area contributed by atoms with Gasteiger partial charge in [-0.15, -0.1) is 0 Å². The number of esters is 1. The van der Waals surface area contributed by atoms with E-state index in [0.717, 1.165) is 24.3 Å². The molecule has 1 aliphatic heterocycles. The third-order valence-corrected chi connectivity index (χ3v) is 4.92. The van der Waals surface area contributed by atoms with Crippen LogP contribution in [-0.4, -0.2) is 37.6 Å². The van der Waals surface area contributed by atoms with Gasteiger partial charge in [-0.25, -0.2) is 0 Å². The molecule has 1 heterocycles. The van der Waals surface area contributed by atoms with E-state index in [1.807, 2.05) is 6.92 Å². The molecule has 2 rings (SSSR count). The van der Waals surface area contributed by atoms with Crippen molar-refractivity contribution in [2.75, 3.05) is 25.0 Å². The standard InChI is InChI=1S/C17H22Cl2N2O3/c1-3-24-17(23)12-5-4-8-21(10-12)11(2)16(22)20-15-7-6-13(18)9-14(15)19/h6-7,9,11-12H,3-5,8,10H2,1-2H3,(H,20,22)/p+1/t11-,12+/m0/s1. The van der Waals surface area contributed by atoms with Crippen molar-refractivity contribution >= 4 is 40.8 Å². The summed E-state index contributed by atoms with van der Waals surface area (Å²) >= 11 is 12.0. The van der Waals surface area contributed by atoms with Crippen LogP contribution in [0.5, 0.6) is 0 Å². The summed E-state index contributed by atoms with van der Waals surface area (Å²) in [7, 11) is 0. The van der Waals surface area contributed by atoms with Crippen molar-refractivity contribution in [3.63, 3.8) is 0 Å². The molecule has 5 nitrogen and oxygen atoms in total. The smallest absolute Gasteiger partial charge is 0.314 e. The monoisotopic (exact) mass is 373 g/mol. The van der Waals surface area contributed by atoms with Gasteiger partial charge in [0.05, 0.1) is 30.4 Å². The number of ether oxygens (including phenoxy) is 1. The number of anilines is 1. The number of halogens is 2. The van der Waals surface area contributed by atoms with Crippen molar-refractivity contribution in [1.29, 1.82) is 0 Å². The van der Waals surface area contributed by atoms with Crippen molar-refractivity contribution in [3.8, 4) is 0 Å². The molecule has 1 aliphatic rings. The summed E-state index contributed by atoms with van der Waals surface area (Å²) in [5.41, 5.74) is 0.538. The minimum Gasteiger partial charge on any atom is -0.466 e. The Morgan fingerprint density at radius 1 is 1.42 bits per heavy atom. The van der Waals surface area contributed by atoms with Crippen LogP contribution in [0.25, 0.3) is 0 Å². The largest absolute Gasteiger partial charge is 0.466 e. The van der Waals surface area contributed by atoms with Gasteiger partial charge in [0.1, 0.15) is 5.92 Å². The quantitative estimate of drug-likeness (QED) is 0.777. The number of hydrogen-bond acceptors (Lipinski definition) is 3. The maximum absolute atomic E-state index is 12.5. The van der Waals surface area contributed by atoms with Gasteiger partial charge >= 0.3 is 5.97 Å². The molecule has 0 bridgehead atoms. The Morgan fingerprint density at radius 2 is 2.17 bits per heavy atom. The van der Waals surface area contributed by atoms with Crippen LogP contribution < -0.4 is 10.2 Å². The Labute approximate surface area is 152 Å². The predicted molar refractivity (Wildman–Crippen MR) is 94.6 cm³/mol. The van der Waals surface area contributed by atoms with E-state index in [0.29, 0.717) is 28.9 Å². The molecule has 1 aromatic rings. The number of amides is 1. The van der Waals surface area contributed by atoms with Crippen molar-refractivity contribution in [2.45, 2.75) is 32.7 Å². The Bertz CT molecular complexity index is 609. The topological polar surface area (TPSA) is 59.8 Å². The molecular formula is C17H23Cl2N2O3+. The molecule has 0 saturated carbocycles. The molecule has 1 fully saturated rings. The van der Waals surface area contributed by atoms with Crippen molar-refractivity contribution in [3.05, 3.63) is 28.2 Å². The number of carbonyl (C=O) groups is 2. The highest BCUT2D eigenvalue weighted by molar-refractivity contribution is 6.36. The lowest BCUT2D eigenvalue weighted by molar-refractivity contribution is -0.921. The Kier molecular flexibility index (Phi) is 6.90. The zero-order chi connectivity index (χ0) is 17.7. The van der Waals surface area contributed by atoms with Crippen molar-refractivity contribution in [1.82, 2.24) is 0 Å². The number of carbonyl (C=O) groups excluding carboxylic acids is 2. The number of hydrogen-bond donors (Lipinski definition) is 2. The summed E-state index contributed by atoms with van der Waals surface area (Å²) in [4.78, 5) is 25.5. The van der Waals surface area contributed by atoms with E-state index in [1.165, 1.54) is 0 Å². The number of benzene rings is 1. The Hall–Kier alpha value is -1.30. The van der Waals surface area contributed by atoms with E-state index in [1.54, 1.807) is 25.1 Å². The second kappa shape index (κ2) is 8.70.